The Labute approximate surface area is 132 Å². The van der Waals surface area contributed by atoms with Crippen LogP contribution in [0.1, 0.15) is 27.7 Å². The van der Waals surface area contributed by atoms with E-state index >= 15 is 0 Å². The van der Waals surface area contributed by atoms with Crippen molar-refractivity contribution >= 4 is 17.6 Å². The summed E-state index contributed by atoms with van der Waals surface area (Å²) in [5.41, 5.74) is 0. The summed E-state index contributed by atoms with van der Waals surface area (Å²) in [6.45, 7) is 10.0. The molecule has 4 nitrogen and oxygen atoms in total. The number of halogens is 1. The minimum Gasteiger partial charge on any atom is -0.473 e. The van der Waals surface area contributed by atoms with Gasteiger partial charge >= 0.3 is 6.03 Å². The number of benzene rings is 1. The molecule has 1 aromatic rings. The number of hydrogen-bond donors (Lipinski definition) is 1. The molecule has 1 N–H and O–H groups in total. The summed E-state index contributed by atoms with van der Waals surface area (Å²) in [7, 11) is 0. The Morgan fingerprint density at radius 2 is 1.67 bits per heavy atom. The van der Waals surface area contributed by atoms with Gasteiger partial charge in [0.25, 0.3) is 0 Å². The number of hydrogen-bond acceptors (Lipinski definition) is 2. The van der Waals surface area contributed by atoms with Crippen LogP contribution >= 0.6 is 11.6 Å². The van der Waals surface area contributed by atoms with Crippen molar-refractivity contribution in [3.05, 3.63) is 29.3 Å². The van der Waals surface area contributed by atoms with E-state index in [0.717, 1.165) is 13.1 Å². The smallest absolute Gasteiger partial charge is 0.320 e. The average Bonchev–Trinajstić information content (AvgIpc) is 2.39. The van der Waals surface area contributed by atoms with Crippen LogP contribution in [0.25, 0.3) is 0 Å². The van der Waals surface area contributed by atoms with E-state index in [0.29, 0.717) is 22.6 Å². The molecule has 1 aromatic carbocycles. The zero-order chi connectivity index (χ0) is 15.8. The summed E-state index contributed by atoms with van der Waals surface area (Å²) < 4.78 is 5.47. The second-order valence-electron chi connectivity index (χ2n) is 5.92. The van der Waals surface area contributed by atoms with E-state index in [9.17, 15) is 4.79 Å². The molecule has 0 unspecified atom stereocenters. The zero-order valence-corrected chi connectivity index (χ0v) is 14.0. The van der Waals surface area contributed by atoms with E-state index in [1.54, 1.807) is 24.3 Å². The van der Waals surface area contributed by atoms with Crippen molar-refractivity contribution in [1.29, 1.82) is 0 Å². The largest absolute Gasteiger partial charge is 0.473 e. The third kappa shape index (κ3) is 7.23. The fourth-order valence-electron chi connectivity index (χ4n) is 1.95. The third-order valence-corrected chi connectivity index (χ3v) is 2.99. The van der Waals surface area contributed by atoms with Crippen LogP contribution < -0.4 is 10.1 Å². The van der Waals surface area contributed by atoms with E-state index < -0.39 is 0 Å². The standard InChI is InChI=1S/C16H25ClN2O2/c1-12(2)9-19(10-13(3)4)16(20)18-11-21-15-7-5-14(17)6-8-15/h5-8,12-13H,9-11H2,1-4H3,(H,18,20). The Bertz CT molecular complexity index is 422. The Morgan fingerprint density at radius 1 is 1.14 bits per heavy atom. The molecule has 0 aliphatic carbocycles. The van der Waals surface area contributed by atoms with E-state index in [2.05, 4.69) is 33.0 Å². The molecule has 21 heavy (non-hydrogen) atoms. The minimum absolute atomic E-state index is 0.0913. The molecule has 1 rings (SSSR count). The molecule has 0 fully saturated rings. The maximum atomic E-state index is 12.2. The first-order valence-electron chi connectivity index (χ1n) is 7.29. The van der Waals surface area contributed by atoms with Gasteiger partial charge in [-0.3, -0.25) is 0 Å². The summed E-state index contributed by atoms with van der Waals surface area (Å²) in [5, 5.41) is 3.45. The summed E-state index contributed by atoms with van der Waals surface area (Å²) in [5.74, 6) is 1.55. The number of rotatable bonds is 7. The minimum atomic E-state index is -0.0913. The highest BCUT2D eigenvalue weighted by atomic mass is 35.5. The van der Waals surface area contributed by atoms with Crippen LogP contribution in [0.5, 0.6) is 5.75 Å². The van der Waals surface area contributed by atoms with Crippen LogP contribution in [0.4, 0.5) is 4.79 Å². The Hall–Kier alpha value is -1.42. The molecule has 0 radical (unpaired) electrons. The number of urea groups is 1. The van der Waals surface area contributed by atoms with Crippen LogP contribution in [0.15, 0.2) is 24.3 Å². The van der Waals surface area contributed by atoms with Gasteiger partial charge in [-0.1, -0.05) is 39.3 Å². The Balaban J connectivity index is 2.43. The summed E-state index contributed by atoms with van der Waals surface area (Å²) in [4.78, 5) is 14.0. The van der Waals surface area contributed by atoms with Crippen molar-refractivity contribution in [2.24, 2.45) is 11.8 Å². The van der Waals surface area contributed by atoms with E-state index in [-0.39, 0.29) is 12.8 Å². The van der Waals surface area contributed by atoms with Gasteiger partial charge in [-0.25, -0.2) is 4.79 Å². The maximum Gasteiger partial charge on any atom is 0.320 e. The molecule has 118 valence electrons. The van der Waals surface area contributed by atoms with Crippen LogP contribution in [0, 0.1) is 11.8 Å². The molecule has 5 heteroatoms. The summed E-state index contributed by atoms with van der Waals surface area (Å²) in [6, 6.07) is 6.96. The molecule has 0 heterocycles. The van der Waals surface area contributed by atoms with Crippen molar-refractivity contribution in [2.45, 2.75) is 27.7 Å². The lowest BCUT2D eigenvalue weighted by Gasteiger charge is -2.26. The lowest BCUT2D eigenvalue weighted by molar-refractivity contribution is 0.171. The SMILES string of the molecule is CC(C)CN(CC(C)C)C(=O)NCOc1ccc(Cl)cc1. The second kappa shape index (κ2) is 8.78. The molecule has 0 aliphatic heterocycles. The van der Waals surface area contributed by atoms with Crippen LogP contribution in [0.3, 0.4) is 0 Å². The normalized spacial score (nSPS) is 10.8. The predicted molar refractivity (Wildman–Crippen MR) is 86.7 cm³/mol. The first-order chi connectivity index (χ1) is 9.88. The molecule has 0 bridgehead atoms. The first kappa shape index (κ1) is 17.6. The predicted octanol–water partition coefficient (Wildman–Crippen LogP) is 4.00. The number of carbonyl (C=O) groups is 1. The summed E-state index contributed by atoms with van der Waals surface area (Å²) in [6.07, 6.45) is 0. The van der Waals surface area contributed by atoms with Gasteiger partial charge in [0.2, 0.25) is 0 Å². The van der Waals surface area contributed by atoms with Gasteiger partial charge in [-0.2, -0.15) is 0 Å². The first-order valence-corrected chi connectivity index (χ1v) is 7.67. The van der Waals surface area contributed by atoms with Gasteiger partial charge in [0.1, 0.15) is 5.75 Å². The van der Waals surface area contributed by atoms with Crippen LogP contribution in [0.2, 0.25) is 5.02 Å². The highest BCUT2D eigenvalue weighted by molar-refractivity contribution is 6.30. The molecule has 0 aliphatic rings. The Morgan fingerprint density at radius 3 is 2.14 bits per heavy atom. The van der Waals surface area contributed by atoms with E-state index in [1.807, 2.05) is 4.90 Å². The lowest BCUT2D eigenvalue weighted by atomic mass is 10.1. The van der Waals surface area contributed by atoms with Gasteiger partial charge in [-0.15, -0.1) is 0 Å². The van der Waals surface area contributed by atoms with Crippen molar-refractivity contribution < 1.29 is 9.53 Å². The topological polar surface area (TPSA) is 41.6 Å². The van der Waals surface area contributed by atoms with Gasteiger partial charge < -0.3 is 15.0 Å². The number of nitrogens with one attached hydrogen (secondary N) is 1. The van der Waals surface area contributed by atoms with Crippen molar-refractivity contribution in [1.82, 2.24) is 10.2 Å². The van der Waals surface area contributed by atoms with Crippen LogP contribution in [-0.4, -0.2) is 30.8 Å². The number of amides is 2. The van der Waals surface area contributed by atoms with Crippen molar-refractivity contribution in [3.8, 4) is 5.75 Å². The number of ether oxygens (including phenoxy) is 1. The molecule has 0 spiro atoms. The van der Waals surface area contributed by atoms with Gasteiger partial charge in [-0.05, 0) is 36.1 Å². The molecular weight excluding hydrogens is 288 g/mol. The third-order valence-electron chi connectivity index (χ3n) is 2.73. The maximum absolute atomic E-state index is 12.2. The van der Waals surface area contributed by atoms with Crippen LogP contribution in [-0.2, 0) is 0 Å². The van der Waals surface area contributed by atoms with Crippen molar-refractivity contribution in [2.75, 3.05) is 19.8 Å². The highest BCUT2D eigenvalue weighted by Gasteiger charge is 2.15. The van der Waals surface area contributed by atoms with Gasteiger partial charge in [0, 0.05) is 18.1 Å². The molecular formula is C16H25ClN2O2. The van der Waals surface area contributed by atoms with E-state index in [4.69, 9.17) is 16.3 Å². The number of carbonyl (C=O) groups excluding carboxylic acids is 1. The monoisotopic (exact) mass is 312 g/mol. The van der Waals surface area contributed by atoms with Crippen molar-refractivity contribution in [3.63, 3.8) is 0 Å². The molecule has 0 saturated carbocycles. The molecule has 0 atom stereocenters. The zero-order valence-electron chi connectivity index (χ0n) is 13.2. The van der Waals surface area contributed by atoms with Gasteiger partial charge in [0.05, 0.1) is 0 Å². The average molecular weight is 313 g/mol. The lowest BCUT2D eigenvalue weighted by Crippen LogP contribution is -2.44. The summed E-state index contributed by atoms with van der Waals surface area (Å²) >= 11 is 5.80. The van der Waals surface area contributed by atoms with E-state index in [1.165, 1.54) is 0 Å². The molecule has 0 saturated heterocycles. The highest BCUT2D eigenvalue weighted by Crippen LogP contribution is 2.15. The second-order valence-corrected chi connectivity index (χ2v) is 6.35. The fourth-order valence-corrected chi connectivity index (χ4v) is 2.07. The quantitative estimate of drug-likeness (QED) is 0.773. The fraction of sp³-hybridized carbons (Fsp3) is 0.562. The number of nitrogens with zero attached hydrogens (tertiary/aromatic N) is 1. The molecule has 2 amide bonds. The van der Waals surface area contributed by atoms with Gasteiger partial charge in [0.15, 0.2) is 6.73 Å². The molecule has 0 aromatic heterocycles. The Kier molecular flexibility index (Phi) is 7.37.